The van der Waals surface area contributed by atoms with Crippen molar-refractivity contribution in [1.82, 2.24) is 4.98 Å². The molecule has 0 radical (unpaired) electrons. The molecule has 3 aromatic rings. The molecule has 7 heteroatoms. The zero-order valence-electron chi connectivity index (χ0n) is 13.6. The van der Waals surface area contributed by atoms with E-state index >= 15 is 0 Å². The van der Waals surface area contributed by atoms with Crippen LogP contribution in [0.15, 0.2) is 52.3 Å². The molecule has 5 nitrogen and oxygen atoms in total. The highest BCUT2D eigenvalue weighted by molar-refractivity contribution is 9.10. The molecule has 0 bridgehead atoms. The molecular formula is C18H15BrN2O3S. The van der Waals surface area contributed by atoms with Gasteiger partial charge in [-0.1, -0.05) is 12.1 Å². The minimum Gasteiger partial charge on any atom is -0.497 e. The number of rotatable bonds is 5. The van der Waals surface area contributed by atoms with Crippen LogP contribution in [-0.2, 0) is 0 Å². The fraction of sp³-hybridized carbons (Fsp3) is 0.111. The zero-order valence-corrected chi connectivity index (χ0v) is 16.0. The number of nitrogens with one attached hydrogen (secondary N) is 1. The number of aromatic nitrogens is 1. The molecule has 25 heavy (non-hydrogen) atoms. The SMILES string of the molecule is COc1ccc(OC)c(-c2csc(NC(=O)c3ccccc3Br)n2)c1. The fourth-order valence-corrected chi connectivity index (χ4v) is 3.45. The Hall–Kier alpha value is -2.38. The van der Waals surface area contributed by atoms with Crippen LogP contribution in [0.1, 0.15) is 10.4 Å². The van der Waals surface area contributed by atoms with Gasteiger partial charge in [0.15, 0.2) is 5.13 Å². The smallest absolute Gasteiger partial charge is 0.258 e. The molecule has 3 rings (SSSR count). The van der Waals surface area contributed by atoms with E-state index in [9.17, 15) is 4.79 Å². The molecule has 0 saturated carbocycles. The molecule has 0 aliphatic carbocycles. The summed E-state index contributed by atoms with van der Waals surface area (Å²) in [4.78, 5) is 16.9. The third-order valence-corrected chi connectivity index (χ3v) is 4.97. The van der Waals surface area contributed by atoms with Crippen LogP contribution < -0.4 is 14.8 Å². The van der Waals surface area contributed by atoms with E-state index in [0.29, 0.717) is 27.9 Å². The van der Waals surface area contributed by atoms with E-state index in [0.717, 1.165) is 10.0 Å². The topological polar surface area (TPSA) is 60.5 Å². The van der Waals surface area contributed by atoms with Gasteiger partial charge in [0, 0.05) is 15.4 Å². The highest BCUT2D eigenvalue weighted by Crippen LogP contribution is 2.35. The number of carbonyl (C=O) groups excluding carboxylic acids is 1. The summed E-state index contributed by atoms with van der Waals surface area (Å²) >= 11 is 4.73. The lowest BCUT2D eigenvalue weighted by Crippen LogP contribution is -2.12. The molecule has 0 fully saturated rings. The largest absolute Gasteiger partial charge is 0.497 e. The molecule has 128 valence electrons. The van der Waals surface area contributed by atoms with E-state index in [1.54, 1.807) is 20.3 Å². The Bertz CT molecular complexity index is 911. The van der Waals surface area contributed by atoms with Crippen molar-refractivity contribution in [3.63, 3.8) is 0 Å². The van der Waals surface area contributed by atoms with Gasteiger partial charge in [0.05, 0.1) is 25.5 Å². The van der Waals surface area contributed by atoms with Crippen molar-refractivity contribution in [2.45, 2.75) is 0 Å². The summed E-state index contributed by atoms with van der Waals surface area (Å²) in [5.41, 5.74) is 2.07. The number of nitrogens with zero attached hydrogens (tertiary/aromatic N) is 1. The summed E-state index contributed by atoms with van der Waals surface area (Å²) in [7, 11) is 3.21. The summed E-state index contributed by atoms with van der Waals surface area (Å²) in [6, 6.07) is 12.7. The molecule has 1 aromatic heterocycles. The van der Waals surface area contributed by atoms with Crippen LogP contribution in [0.5, 0.6) is 11.5 Å². The van der Waals surface area contributed by atoms with Gasteiger partial charge in [0.2, 0.25) is 0 Å². The molecule has 0 spiro atoms. The molecule has 0 unspecified atom stereocenters. The van der Waals surface area contributed by atoms with E-state index in [1.807, 2.05) is 41.8 Å². The standard InChI is InChI=1S/C18H15BrN2O3S/c1-23-11-7-8-16(24-2)13(9-11)15-10-25-18(20-15)21-17(22)12-5-3-4-6-14(12)19/h3-10H,1-2H3,(H,20,21,22). The first kappa shape index (κ1) is 17.4. The molecule has 0 atom stereocenters. The minimum absolute atomic E-state index is 0.217. The number of anilines is 1. The minimum atomic E-state index is -0.217. The Kier molecular flexibility index (Phi) is 5.35. The maximum absolute atomic E-state index is 12.4. The summed E-state index contributed by atoms with van der Waals surface area (Å²) < 4.78 is 11.4. The van der Waals surface area contributed by atoms with Crippen LogP contribution in [0.2, 0.25) is 0 Å². The van der Waals surface area contributed by atoms with Crippen molar-refractivity contribution in [1.29, 1.82) is 0 Å². The Morgan fingerprint density at radius 3 is 2.68 bits per heavy atom. The van der Waals surface area contributed by atoms with Crippen LogP contribution in [0.3, 0.4) is 0 Å². The van der Waals surface area contributed by atoms with Crippen LogP contribution in [-0.4, -0.2) is 25.1 Å². The van der Waals surface area contributed by atoms with Crippen molar-refractivity contribution < 1.29 is 14.3 Å². The van der Waals surface area contributed by atoms with Crippen molar-refractivity contribution in [2.75, 3.05) is 19.5 Å². The van der Waals surface area contributed by atoms with Crippen molar-refractivity contribution >= 4 is 38.3 Å². The summed E-state index contributed by atoms with van der Waals surface area (Å²) in [6.07, 6.45) is 0. The summed E-state index contributed by atoms with van der Waals surface area (Å²) in [5.74, 6) is 1.18. The molecule has 1 N–H and O–H groups in total. The lowest BCUT2D eigenvalue weighted by Gasteiger charge is -2.08. The Balaban J connectivity index is 1.86. The molecule has 1 heterocycles. The van der Waals surface area contributed by atoms with Crippen molar-refractivity contribution in [3.8, 4) is 22.8 Å². The highest BCUT2D eigenvalue weighted by Gasteiger charge is 2.14. The molecule has 0 aliphatic heterocycles. The van der Waals surface area contributed by atoms with E-state index in [2.05, 4.69) is 26.2 Å². The number of thiazole rings is 1. The molecular weight excluding hydrogens is 404 g/mol. The first-order valence-electron chi connectivity index (χ1n) is 7.36. The lowest BCUT2D eigenvalue weighted by atomic mass is 10.1. The van der Waals surface area contributed by atoms with Gasteiger partial charge in [-0.25, -0.2) is 4.98 Å². The van der Waals surface area contributed by atoms with Gasteiger partial charge < -0.3 is 9.47 Å². The monoisotopic (exact) mass is 418 g/mol. The quantitative estimate of drug-likeness (QED) is 0.643. The number of benzene rings is 2. The van der Waals surface area contributed by atoms with E-state index in [1.165, 1.54) is 11.3 Å². The average molecular weight is 419 g/mol. The summed E-state index contributed by atoms with van der Waals surface area (Å²) in [6.45, 7) is 0. The van der Waals surface area contributed by atoms with Gasteiger partial charge in [-0.15, -0.1) is 11.3 Å². The number of carbonyl (C=O) groups is 1. The van der Waals surface area contributed by atoms with Crippen LogP contribution in [0, 0.1) is 0 Å². The van der Waals surface area contributed by atoms with Crippen molar-refractivity contribution in [3.05, 3.63) is 57.9 Å². The van der Waals surface area contributed by atoms with E-state index in [4.69, 9.17) is 9.47 Å². The van der Waals surface area contributed by atoms with Crippen LogP contribution in [0.25, 0.3) is 11.3 Å². The van der Waals surface area contributed by atoms with Gasteiger partial charge in [-0.3, -0.25) is 10.1 Å². The second-order valence-electron chi connectivity index (χ2n) is 5.04. The van der Waals surface area contributed by atoms with E-state index in [-0.39, 0.29) is 5.91 Å². The Morgan fingerprint density at radius 1 is 1.16 bits per heavy atom. The predicted molar refractivity (Wildman–Crippen MR) is 103 cm³/mol. The Morgan fingerprint density at radius 2 is 1.96 bits per heavy atom. The number of halogens is 1. The van der Waals surface area contributed by atoms with Gasteiger partial charge in [-0.2, -0.15) is 0 Å². The van der Waals surface area contributed by atoms with Crippen molar-refractivity contribution in [2.24, 2.45) is 0 Å². The Labute approximate surface area is 157 Å². The van der Waals surface area contributed by atoms with Crippen LogP contribution >= 0.6 is 27.3 Å². The third-order valence-electron chi connectivity index (χ3n) is 3.53. The van der Waals surface area contributed by atoms with Gasteiger partial charge in [-0.05, 0) is 46.3 Å². The molecule has 0 aliphatic rings. The first-order chi connectivity index (χ1) is 12.1. The number of ether oxygens (including phenoxy) is 2. The fourth-order valence-electron chi connectivity index (χ4n) is 2.28. The zero-order chi connectivity index (χ0) is 17.8. The number of amides is 1. The highest BCUT2D eigenvalue weighted by atomic mass is 79.9. The van der Waals surface area contributed by atoms with Crippen LogP contribution in [0.4, 0.5) is 5.13 Å². The van der Waals surface area contributed by atoms with Gasteiger partial charge in [0.1, 0.15) is 11.5 Å². The average Bonchev–Trinajstić information content (AvgIpc) is 3.09. The van der Waals surface area contributed by atoms with Gasteiger partial charge >= 0.3 is 0 Å². The summed E-state index contributed by atoms with van der Waals surface area (Å²) in [5, 5.41) is 5.20. The predicted octanol–water partition coefficient (Wildman–Crippen LogP) is 4.84. The second-order valence-corrected chi connectivity index (χ2v) is 6.75. The maximum atomic E-state index is 12.4. The van der Waals surface area contributed by atoms with Gasteiger partial charge in [0.25, 0.3) is 5.91 Å². The maximum Gasteiger partial charge on any atom is 0.258 e. The number of methoxy groups -OCH3 is 2. The normalized spacial score (nSPS) is 10.4. The molecule has 2 aromatic carbocycles. The molecule has 0 saturated heterocycles. The number of hydrogen-bond donors (Lipinski definition) is 1. The first-order valence-corrected chi connectivity index (χ1v) is 9.03. The van der Waals surface area contributed by atoms with E-state index < -0.39 is 0 Å². The number of hydrogen-bond acceptors (Lipinski definition) is 5. The second kappa shape index (κ2) is 7.67. The lowest BCUT2D eigenvalue weighted by molar-refractivity contribution is 0.102. The molecule has 1 amide bonds. The third kappa shape index (κ3) is 3.83.